The fourth-order valence-corrected chi connectivity index (χ4v) is 5.15. The molecule has 18 nitrogen and oxygen atoms in total. The monoisotopic (exact) mass is 899 g/mol. The summed E-state index contributed by atoms with van der Waals surface area (Å²) in [6.45, 7) is 7.76. The summed E-state index contributed by atoms with van der Waals surface area (Å²) < 4.78 is 34.7. The Kier molecular flexibility index (Phi) is 44.3. The van der Waals surface area contributed by atoms with Crippen LogP contribution in [0.5, 0.6) is 0 Å². The minimum Gasteiger partial charge on any atom is -0.466 e. The number of cyclic esters (lactones) is 3. The molecular weight excluding hydrogens is 816 g/mol. The lowest BCUT2D eigenvalue weighted by Gasteiger charge is -2.25. The fourth-order valence-electron chi connectivity index (χ4n) is 5.15. The molecule has 2 rings (SSSR count). The zero-order valence-corrected chi connectivity index (χ0v) is 36.5. The quantitative estimate of drug-likeness (QED) is 0.0482. The summed E-state index contributed by atoms with van der Waals surface area (Å²) >= 11 is 0. The highest BCUT2D eigenvalue weighted by molar-refractivity contribution is 5.82. The van der Waals surface area contributed by atoms with Gasteiger partial charge in [-0.2, -0.15) is 0 Å². The van der Waals surface area contributed by atoms with E-state index in [1.165, 1.54) is 0 Å². The standard InChI is InChI=1S/C30H54O10.C6H10O2.C4H4O4.C2H6O2.2CH4/c1-29(2,39-27(35)18-15-21-32)19-11-7-9-16-25(33)37-22-13-5-6-14-23-38-28(36)24-30(3,4)40-26(34)17-10-8-12-20-31;7-6-4-2-1-3-5-8-6;5-3-1-7-4(6)2-8-3;3-1-2-4;;/h31-32H,5-24H2,1-4H3;1-5H2;1-2H2;3-4H,1-2H2;2*1H4. The molecule has 0 unspecified atom stereocenters. The van der Waals surface area contributed by atoms with Gasteiger partial charge in [0.25, 0.3) is 0 Å². The highest BCUT2D eigenvalue weighted by atomic mass is 16.6. The van der Waals surface area contributed by atoms with Crippen LogP contribution in [-0.2, 0) is 66.7 Å². The van der Waals surface area contributed by atoms with Crippen molar-refractivity contribution in [3.05, 3.63) is 0 Å². The zero-order chi connectivity index (χ0) is 45.5. The van der Waals surface area contributed by atoms with E-state index in [0.29, 0.717) is 64.8 Å². The first kappa shape index (κ1) is 64.8. The zero-order valence-electron chi connectivity index (χ0n) is 36.5. The highest BCUT2D eigenvalue weighted by Gasteiger charge is 2.27. The van der Waals surface area contributed by atoms with Crippen molar-refractivity contribution in [1.29, 1.82) is 0 Å². The molecule has 2 saturated heterocycles. The Morgan fingerprint density at radius 1 is 0.500 bits per heavy atom. The molecule has 0 atom stereocenters. The Morgan fingerprint density at radius 3 is 1.48 bits per heavy atom. The van der Waals surface area contributed by atoms with Gasteiger partial charge < -0.3 is 53.6 Å². The van der Waals surface area contributed by atoms with E-state index in [2.05, 4.69) is 9.47 Å². The number of esters is 7. The van der Waals surface area contributed by atoms with E-state index >= 15 is 0 Å². The molecule has 0 spiro atoms. The number of aliphatic hydroxyl groups excluding tert-OH is 4. The highest BCUT2D eigenvalue weighted by Crippen LogP contribution is 2.21. The van der Waals surface area contributed by atoms with E-state index in [-0.39, 0.29) is 97.6 Å². The molecular formula is C44H82O18. The minimum atomic E-state index is -0.929. The van der Waals surface area contributed by atoms with Crippen LogP contribution in [0.2, 0.25) is 0 Å². The second-order valence-corrected chi connectivity index (χ2v) is 15.2. The molecule has 0 amide bonds. The van der Waals surface area contributed by atoms with Gasteiger partial charge in [0.15, 0.2) is 13.2 Å². The second-order valence-electron chi connectivity index (χ2n) is 15.2. The molecule has 0 aliphatic carbocycles. The smallest absolute Gasteiger partial charge is 0.344 e. The van der Waals surface area contributed by atoms with Gasteiger partial charge >= 0.3 is 41.8 Å². The van der Waals surface area contributed by atoms with Crippen molar-refractivity contribution in [2.45, 2.75) is 182 Å². The SMILES string of the molecule is C.C.CC(C)(CCCCCC(=O)OCCCCCCOC(=O)CC(C)(C)OC(=O)CCCCCO)OC(=O)CCCO.O=C1CCCCCO1.O=C1COC(=O)CO1.OCCO. The molecule has 0 saturated carbocycles. The molecule has 0 aromatic rings. The predicted molar refractivity (Wildman–Crippen MR) is 229 cm³/mol. The molecule has 366 valence electrons. The summed E-state index contributed by atoms with van der Waals surface area (Å²) in [6, 6.07) is 0. The van der Waals surface area contributed by atoms with Crippen LogP contribution in [0.15, 0.2) is 0 Å². The molecule has 0 radical (unpaired) electrons. The van der Waals surface area contributed by atoms with Gasteiger partial charge in [0, 0.05) is 38.9 Å². The topological polar surface area (TPSA) is 265 Å². The Balaban J connectivity index is -0.000000615. The van der Waals surface area contributed by atoms with Crippen LogP contribution < -0.4 is 0 Å². The molecule has 0 aromatic carbocycles. The van der Waals surface area contributed by atoms with Gasteiger partial charge in [0.2, 0.25) is 0 Å². The predicted octanol–water partition coefficient (Wildman–Crippen LogP) is 5.38. The second kappa shape index (κ2) is 42.4. The first-order valence-electron chi connectivity index (χ1n) is 21.2. The van der Waals surface area contributed by atoms with Crippen molar-refractivity contribution in [2.75, 3.05) is 59.5 Å². The Bertz CT molecular complexity index is 1150. The Labute approximate surface area is 370 Å². The Morgan fingerprint density at radius 2 is 0.968 bits per heavy atom. The van der Waals surface area contributed by atoms with Crippen LogP contribution in [0, 0.1) is 0 Å². The van der Waals surface area contributed by atoms with Crippen molar-refractivity contribution < 1.29 is 87.1 Å². The van der Waals surface area contributed by atoms with Crippen molar-refractivity contribution in [1.82, 2.24) is 0 Å². The van der Waals surface area contributed by atoms with Gasteiger partial charge in [-0.1, -0.05) is 27.7 Å². The number of rotatable bonds is 26. The maximum absolute atomic E-state index is 12.1. The summed E-state index contributed by atoms with van der Waals surface area (Å²) in [4.78, 5) is 78.3. The third-order valence-electron chi connectivity index (χ3n) is 8.24. The van der Waals surface area contributed by atoms with Crippen molar-refractivity contribution in [2.24, 2.45) is 0 Å². The van der Waals surface area contributed by atoms with E-state index in [9.17, 15) is 33.6 Å². The lowest BCUT2D eigenvalue weighted by atomic mass is 9.99. The maximum Gasteiger partial charge on any atom is 0.344 e. The van der Waals surface area contributed by atoms with Crippen LogP contribution in [0.1, 0.15) is 171 Å². The van der Waals surface area contributed by atoms with E-state index in [4.69, 9.17) is 44.1 Å². The third-order valence-corrected chi connectivity index (χ3v) is 8.24. The number of aliphatic hydroxyl groups is 4. The van der Waals surface area contributed by atoms with E-state index in [1.54, 1.807) is 13.8 Å². The third kappa shape index (κ3) is 45.7. The summed E-state index contributed by atoms with van der Waals surface area (Å²) in [5, 5.41) is 32.8. The van der Waals surface area contributed by atoms with Crippen LogP contribution in [0.3, 0.4) is 0 Å². The molecule has 2 heterocycles. The van der Waals surface area contributed by atoms with Crippen LogP contribution in [0.4, 0.5) is 0 Å². The van der Waals surface area contributed by atoms with E-state index in [0.717, 1.165) is 64.2 Å². The van der Waals surface area contributed by atoms with Gasteiger partial charge in [0.05, 0.1) is 39.5 Å². The fraction of sp³-hybridized carbons (Fsp3) is 0.841. The molecule has 18 heteroatoms. The molecule has 2 fully saturated rings. The van der Waals surface area contributed by atoms with Gasteiger partial charge in [-0.15, -0.1) is 0 Å². The Hall–Kier alpha value is -3.87. The summed E-state index contributed by atoms with van der Waals surface area (Å²) in [7, 11) is 0. The number of hydrogen-bond donors (Lipinski definition) is 4. The van der Waals surface area contributed by atoms with Crippen LogP contribution in [0.25, 0.3) is 0 Å². The number of unbranched alkanes of at least 4 members (excludes halogenated alkanes) is 7. The average Bonchev–Trinajstić information content (AvgIpc) is 3.44. The molecule has 0 bridgehead atoms. The van der Waals surface area contributed by atoms with Crippen LogP contribution in [-0.4, -0.2) is 133 Å². The lowest BCUT2D eigenvalue weighted by molar-refractivity contribution is -0.174. The summed E-state index contributed by atoms with van der Waals surface area (Å²) in [5.74, 6) is -2.26. The minimum absolute atomic E-state index is 0. The van der Waals surface area contributed by atoms with E-state index < -0.39 is 29.1 Å². The number of carbonyl (C=O) groups is 7. The van der Waals surface area contributed by atoms with Crippen molar-refractivity contribution in [3.8, 4) is 0 Å². The van der Waals surface area contributed by atoms with E-state index in [1.807, 2.05) is 13.8 Å². The first-order valence-corrected chi connectivity index (χ1v) is 21.2. The van der Waals surface area contributed by atoms with Crippen molar-refractivity contribution >= 4 is 41.8 Å². The number of carbonyl (C=O) groups excluding carboxylic acids is 7. The molecule has 2 aliphatic heterocycles. The van der Waals surface area contributed by atoms with Gasteiger partial charge in [-0.25, -0.2) is 9.59 Å². The lowest BCUT2D eigenvalue weighted by Crippen LogP contribution is -2.31. The number of hydrogen-bond acceptors (Lipinski definition) is 18. The molecule has 4 N–H and O–H groups in total. The van der Waals surface area contributed by atoms with Crippen molar-refractivity contribution in [3.63, 3.8) is 0 Å². The molecule has 62 heavy (non-hydrogen) atoms. The average molecular weight is 899 g/mol. The summed E-state index contributed by atoms with van der Waals surface area (Å²) in [5.41, 5.74) is -1.49. The molecule has 0 aromatic heterocycles. The van der Waals surface area contributed by atoms with Crippen LogP contribution >= 0.6 is 0 Å². The summed E-state index contributed by atoms with van der Waals surface area (Å²) in [6.07, 6.45) is 13.4. The van der Waals surface area contributed by atoms with Gasteiger partial charge in [-0.05, 0) is 111 Å². The first-order chi connectivity index (χ1) is 28.5. The normalized spacial score (nSPS) is 13.3. The maximum atomic E-state index is 12.1. The van der Waals surface area contributed by atoms with Gasteiger partial charge in [-0.3, -0.25) is 24.0 Å². The van der Waals surface area contributed by atoms with Gasteiger partial charge in [0.1, 0.15) is 11.2 Å². The largest absolute Gasteiger partial charge is 0.466 e. The molecule has 2 aliphatic rings. The number of ether oxygens (including phenoxy) is 7.